The van der Waals surface area contributed by atoms with Gasteiger partial charge in [0.2, 0.25) is 0 Å². The average molecular weight is 245 g/mol. The molecule has 2 rings (SSSR count). The maximum absolute atomic E-state index is 3.78. The van der Waals surface area contributed by atoms with E-state index in [0.717, 1.165) is 5.92 Å². The zero-order chi connectivity index (χ0) is 13.3. The lowest BCUT2D eigenvalue weighted by atomic mass is 9.70. The molecule has 0 radical (unpaired) electrons. The Morgan fingerprint density at radius 3 is 2.61 bits per heavy atom. The molecule has 1 saturated carbocycles. The van der Waals surface area contributed by atoms with E-state index in [1.54, 1.807) is 0 Å². The van der Waals surface area contributed by atoms with Gasteiger partial charge in [-0.3, -0.25) is 0 Å². The Labute approximate surface area is 112 Å². The highest BCUT2D eigenvalue weighted by Crippen LogP contribution is 2.39. The van der Waals surface area contributed by atoms with E-state index in [2.05, 4.69) is 58.1 Å². The third-order valence-electron chi connectivity index (χ3n) is 4.43. The molecule has 0 spiro atoms. The van der Waals surface area contributed by atoms with Gasteiger partial charge in [-0.2, -0.15) is 0 Å². The van der Waals surface area contributed by atoms with Gasteiger partial charge in [-0.1, -0.05) is 32.9 Å². The lowest BCUT2D eigenvalue weighted by molar-refractivity contribution is 0.177. The number of rotatable bonds is 2. The van der Waals surface area contributed by atoms with Gasteiger partial charge < -0.3 is 5.32 Å². The van der Waals surface area contributed by atoms with Gasteiger partial charge in [0, 0.05) is 11.7 Å². The van der Waals surface area contributed by atoms with Crippen molar-refractivity contribution in [3.8, 4) is 0 Å². The van der Waals surface area contributed by atoms with Crippen LogP contribution in [0.25, 0.3) is 0 Å². The molecule has 1 aromatic carbocycles. The van der Waals surface area contributed by atoms with Crippen LogP contribution in [0, 0.1) is 25.2 Å². The molecule has 1 aliphatic rings. The Morgan fingerprint density at radius 2 is 1.94 bits per heavy atom. The highest BCUT2D eigenvalue weighted by Gasteiger charge is 2.32. The summed E-state index contributed by atoms with van der Waals surface area (Å²) >= 11 is 0. The second-order valence-corrected chi connectivity index (χ2v) is 6.95. The predicted molar refractivity (Wildman–Crippen MR) is 80.1 cm³/mol. The van der Waals surface area contributed by atoms with Crippen molar-refractivity contribution in [3.05, 3.63) is 29.3 Å². The first-order valence-corrected chi connectivity index (χ1v) is 7.21. The highest BCUT2D eigenvalue weighted by atomic mass is 14.9. The third kappa shape index (κ3) is 3.07. The van der Waals surface area contributed by atoms with Crippen LogP contribution in [0.4, 0.5) is 5.69 Å². The summed E-state index contributed by atoms with van der Waals surface area (Å²) in [5.41, 5.74) is 4.55. The number of anilines is 1. The van der Waals surface area contributed by atoms with Crippen LogP contribution in [-0.4, -0.2) is 6.04 Å². The monoisotopic (exact) mass is 245 g/mol. The molecule has 0 saturated heterocycles. The second-order valence-electron chi connectivity index (χ2n) is 6.95. The molecule has 1 N–H and O–H groups in total. The van der Waals surface area contributed by atoms with E-state index < -0.39 is 0 Å². The van der Waals surface area contributed by atoms with Crippen molar-refractivity contribution >= 4 is 5.69 Å². The fourth-order valence-electron chi connectivity index (χ4n) is 3.25. The quantitative estimate of drug-likeness (QED) is 0.779. The Balaban J connectivity index is 2.08. The molecule has 0 aromatic heterocycles. The molecule has 0 heterocycles. The van der Waals surface area contributed by atoms with Crippen LogP contribution in [0.3, 0.4) is 0 Å². The van der Waals surface area contributed by atoms with E-state index in [1.807, 2.05) is 0 Å². The largest absolute Gasteiger partial charge is 0.382 e. The molecule has 1 heteroatoms. The number of benzene rings is 1. The molecule has 2 unspecified atom stereocenters. The van der Waals surface area contributed by atoms with E-state index in [1.165, 1.54) is 36.1 Å². The van der Waals surface area contributed by atoms with Gasteiger partial charge in [0.05, 0.1) is 0 Å². The summed E-state index contributed by atoms with van der Waals surface area (Å²) in [6.45, 7) is 11.6. The summed E-state index contributed by atoms with van der Waals surface area (Å²) in [5, 5.41) is 3.78. The molecule has 1 aromatic rings. The van der Waals surface area contributed by atoms with Crippen LogP contribution in [0.5, 0.6) is 0 Å². The van der Waals surface area contributed by atoms with Crippen molar-refractivity contribution in [1.29, 1.82) is 0 Å². The van der Waals surface area contributed by atoms with Crippen LogP contribution in [0.1, 0.15) is 51.2 Å². The van der Waals surface area contributed by atoms with Crippen molar-refractivity contribution in [2.24, 2.45) is 11.3 Å². The summed E-state index contributed by atoms with van der Waals surface area (Å²) in [5.74, 6) is 0.758. The summed E-state index contributed by atoms with van der Waals surface area (Å²) in [6, 6.07) is 7.32. The van der Waals surface area contributed by atoms with E-state index in [4.69, 9.17) is 0 Å². The van der Waals surface area contributed by atoms with Crippen LogP contribution in [-0.2, 0) is 0 Å². The minimum atomic E-state index is 0.527. The summed E-state index contributed by atoms with van der Waals surface area (Å²) < 4.78 is 0. The molecule has 0 amide bonds. The molecule has 100 valence electrons. The minimum Gasteiger partial charge on any atom is -0.382 e. The van der Waals surface area contributed by atoms with Gasteiger partial charge in [-0.05, 0) is 61.6 Å². The van der Waals surface area contributed by atoms with Crippen LogP contribution < -0.4 is 5.32 Å². The Bertz CT molecular complexity index is 420. The SMILES string of the molecule is Cc1ccc(C)c(NC2CCC(C)(C)CC2C)c1. The average Bonchev–Trinajstić information content (AvgIpc) is 2.26. The van der Waals surface area contributed by atoms with E-state index in [0.29, 0.717) is 11.5 Å². The van der Waals surface area contributed by atoms with E-state index >= 15 is 0 Å². The number of hydrogen-bond acceptors (Lipinski definition) is 1. The normalized spacial score (nSPS) is 26.9. The Hall–Kier alpha value is -0.980. The first-order valence-electron chi connectivity index (χ1n) is 7.21. The molecule has 0 bridgehead atoms. The zero-order valence-electron chi connectivity index (χ0n) is 12.5. The molecule has 0 aliphatic heterocycles. The molecule has 2 atom stereocenters. The van der Waals surface area contributed by atoms with Crippen molar-refractivity contribution in [3.63, 3.8) is 0 Å². The fourth-order valence-corrected chi connectivity index (χ4v) is 3.25. The first kappa shape index (κ1) is 13.5. The first-order chi connectivity index (χ1) is 8.37. The highest BCUT2D eigenvalue weighted by molar-refractivity contribution is 5.53. The Kier molecular flexibility index (Phi) is 3.70. The number of aryl methyl sites for hydroxylation is 2. The third-order valence-corrected chi connectivity index (χ3v) is 4.43. The van der Waals surface area contributed by atoms with Crippen LogP contribution in [0.15, 0.2) is 18.2 Å². The predicted octanol–water partition coefficient (Wildman–Crippen LogP) is 4.93. The number of nitrogens with one attached hydrogen (secondary N) is 1. The maximum Gasteiger partial charge on any atom is 0.0374 e. The maximum atomic E-state index is 3.78. The molecule has 1 fully saturated rings. The summed E-state index contributed by atoms with van der Waals surface area (Å²) in [6.07, 6.45) is 3.96. The van der Waals surface area contributed by atoms with Gasteiger partial charge in [-0.25, -0.2) is 0 Å². The Morgan fingerprint density at radius 1 is 1.22 bits per heavy atom. The molecule has 18 heavy (non-hydrogen) atoms. The van der Waals surface area contributed by atoms with Crippen molar-refractivity contribution in [2.75, 3.05) is 5.32 Å². The topological polar surface area (TPSA) is 12.0 Å². The molecule has 1 nitrogen and oxygen atoms in total. The second kappa shape index (κ2) is 4.95. The lowest BCUT2D eigenvalue weighted by Gasteiger charge is -2.40. The standard InChI is InChI=1S/C17H27N/c1-12-6-7-13(2)16(10-12)18-15-8-9-17(4,5)11-14(15)3/h6-7,10,14-15,18H,8-9,11H2,1-5H3. The molecular formula is C17H27N. The van der Waals surface area contributed by atoms with E-state index in [-0.39, 0.29) is 0 Å². The minimum absolute atomic E-state index is 0.527. The molecule has 1 aliphatic carbocycles. The fraction of sp³-hybridized carbons (Fsp3) is 0.647. The van der Waals surface area contributed by atoms with Gasteiger partial charge >= 0.3 is 0 Å². The zero-order valence-corrected chi connectivity index (χ0v) is 12.5. The van der Waals surface area contributed by atoms with Crippen molar-refractivity contribution < 1.29 is 0 Å². The number of hydrogen-bond donors (Lipinski definition) is 1. The van der Waals surface area contributed by atoms with Crippen LogP contribution in [0.2, 0.25) is 0 Å². The van der Waals surface area contributed by atoms with E-state index in [9.17, 15) is 0 Å². The van der Waals surface area contributed by atoms with Gasteiger partial charge in [0.1, 0.15) is 0 Å². The van der Waals surface area contributed by atoms with Gasteiger partial charge in [-0.15, -0.1) is 0 Å². The summed E-state index contributed by atoms with van der Waals surface area (Å²) in [7, 11) is 0. The van der Waals surface area contributed by atoms with Crippen molar-refractivity contribution in [2.45, 2.75) is 59.9 Å². The smallest absolute Gasteiger partial charge is 0.0374 e. The summed E-state index contributed by atoms with van der Waals surface area (Å²) in [4.78, 5) is 0. The molecular weight excluding hydrogens is 218 g/mol. The van der Waals surface area contributed by atoms with Gasteiger partial charge in [0.15, 0.2) is 0 Å². The lowest BCUT2D eigenvalue weighted by Crippen LogP contribution is -2.37. The van der Waals surface area contributed by atoms with Crippen molar-refractivity contribution in [1.82, 2.24) is 0 Å². The van der Waals surface area contributed by atoms with Gasteiger partial charge in [0.25, 0.3) is 0 Å². The van der Waals surface area contributed by atoms with Crippen LogP contribution >= 0.6 is 0 Å².